The Kier molecular flexibility index (Phi) is 2.96. The summed E-state index contributed by atoms with van der Waals surface area (Å²) in [5, 5.41) is 2.36. The first kappa shape index (κ1) is 10.8. The molecule has 0 atom stereocenters. The Morgan fingerprint density at radius 3 is 2.83 bits per heavy atom. The minimum absolute atomic E-state index is 0.649. The molecule has 0 aliphatic carbocycles. The maximum atomic E-state index is 5.84. The first-order valence-electron chi connectivity index (χ1n) is 6.01. The topological polar surface area (TPSA) is 37.9 Å². The number of aromatic nitrogens is 2. The Hall–Kier alpha value is -2.29. The minimum Gasteiger partial charge on any atom is -0.493 e. The molecule has 18 heavy (non-hydrogen) atoms. The number of nitrogens with one attached hydrogen (secondary N) is 1. The van der Waals surface area contributed by atoms with E-state index in [2.05, 4.69) is 28.2 Å². The average Bonchev–Trinajstić information content (AvgIpc) is 2.92. The number of rotatable bonds is 4. The van der Waals surface area contributed by atoms with Gasteiger partial charge in [-0.2, -0.15) is 0 Å². The van der Waals surface area contributed by atoms with Crippen LogP contribution in [0.25, 0.3) is 10.8 Å². The molecule has 2 aromatic carbocycles. The molecular formula is C15H14N2O. The van der Waals surface area contributed by atoms with Gasteiger partial charge in [0.1, 0.15) is 5.75 Å². The van der Waals surface area contributed by atoms with Gasteiger partial charge in [-0.25, -0.2) is 4.98 Å². The summed E-state index contributed by atoms with van der Waals surface area (Å²) >= 11 is 0. The molecule has 3 rings (SSSR count). The molecule has 1 aromatic heterocycles. The molecule has 0 amide bonds. The zero-order valence-corrected chi connectivity index (χ0v) is 9.97. The van der Waals surface area contributed by atoms with Crippen molar-refractivity contribution < 1.29 is 4.74 Å². The molecular weight excluding hydrogens is 224 g/mol. The van der Waals surface area contributed by atoms with Crippen molar-refractivity contribution in [3.8, 4) is 5.75 Å². The third kappa shape index (κ3) is 2.20. The lowest BCUT2D eigenvalue weighted by Crippen LogP contribution is -2.01. The molecule has 3 heteroatoms. The summed E-state index contributed by atoms with van der Waals surface area (Å²) in [6.45, 7) is 0.649. The smallest absolute Gasteiger partial charge is 0.127 e. The number of fused-ring (bicyclic) bond motifs is 1. The maximum absolute atomic E-state index is 5.84. The van der Waals surface area contributed by atoms with Crippen LogP contribution in [0.3, 0.4) is 0 Å². The Morgan fingerprint density at radius 2 is 1.94 bits per heavy atom. The number of imidazole rings is 1. The van der Waals surface area contributed by atoms with Crippen molar-refractivity contribution >= 4 is 10.8 Å². The van der Waals surface area contributed by atoms with Crippen LogP contribution >= 0.6 is 0 Å². The van der Waals surface area contributed by atoms with E-state index in [4.69, 9.17) is 4.74 Å². The van der Waals surface area contributed by atoms with E-state index in [1.165, 1.54) is 5.39 Å². The van der Waals surface area contributed by atoms with E-state index >= 15 is 0 Å². The van der Waals surface area contributed by atoms with Crippen LogP contribution in [0.5, 0.6) is 5.75 Å². The fraction of sp³-hybridized carbons (Fsp3) is 0.133. The molecule has 90 valence electrons. The van der Waals surface area contributed by atoms with E-state index in [9.17, 15) is 0 Å². The molecule has 0 radical (unpaired) electrons. The molecule has 0 bridgehead atoms. The van der Waals surface area contributed by atoms with Crippen LogP contribution in [0, 0.1) is 0 Å². The van der Waals surface area contributed by atoms with Crippen molar-refractivity contribution in [3.63, 3.8) is 0 Å². The fourth-order valence-corrected chi connectivity index (χ4v) is 2.01. The highest BCUT2D eigenvalue weighted by Crippen LogP contribution is 2.25. The van der Waals surface area contributed by atoms with Crippen LogP contribution in [0.4, 0.5) is 0 Å². The highest BCUT2D eigenvalue weighted by molar-refractivity contribution is 5.88. The van der Waals surface area contributed by atoms with Gasteiger partial charge in [-0.1, -0.05) is 36.4 Å². The summed E-state index contributed by atoms with van der Waals surface area (Å²) in [7, 11) is 0. The Labute approximate surface area is 105 Å². The van der Waals surface area contributed by atoms with Crippen molar-refractivity contribution in [2.24, 2.45) is 0 Å². The summed E-state index contributed by atoms with van der Waals surface area (Å²) < 4.78 is 5.84. The van der Waals surface area contributed by atoms with Crippen LogP contribution in [0.2, 0.25) is 0 Å². The van der Waals surface area contributed by atoms with Crippen LogP contribution in [0.15, 0.2) is 55.0 Å². The zero-order chi connectivity index (χ0) is 12.2. The number of aromatic amines is 1. The van der Waals surface area contributed by atoms with Crippen molar-refractivity contribution in [1.29, 1.82) is 0 Å². The van der Waals surface area contributed by atoms with Crippen LogP contribution in [-0.2, 0) is 6.42 Å². The van der Waals surface area contributed by atoms with E-state index in [1.807, 2.05) is 30.5 Å². The van der Waals surface area contributed by atoms with Crippen molar-refractivity contribution in [1.82, 2.24) is 9.97 Å². The molecule has 3 aromatic rings. The van der Waals surface area contributed by atoms with Crippen molar-refractivity contribution in [2.45, 2.75) is 6.42 Å². The standard InChI is InChI=1S/C15H14N2O/c1-2-6-14-12(4-1)5-3-7-15(14)18-9-8-13-10-16-11-17-13/h1-7,10-11H,8-9H2,(H,16,17). The zero-order valence-electron chi connectivity index (χ0n) is 9.97. The SMILES string of the molecule is c1ccc2c(OCCc3cnc[nH]3)cccc2c1. The van der Waals surface area contributed by atoms with Crippen molar-refractivity contribution in [3.05, 3.63) is 60.7 Å². The summed E-state index contributed by atoms with van der Waals surface area (Å²) in [6, 6.07) is 14.4. The van der Waals surface area contributed by atoms with Gasteiger partial charge < -0.3 is 9.72 Å². The number of hydrogen-bond donors (Lipinski definition) is 1. The lowest BCUT2D eigenvalue weighted by atomic mass is 10.1. The Balaban J connectivity index is 1.74. The van der Waals surface area contributed by atoms with Gasteiger partial charge >= 0.3 is 0 Å². The third-order valence-electron chi connectivity index (χ3n) is 2.93. The number of ether oxygens (including phenoxy) is 1. The highest BCUT2D eigenvalue weighted by atomic mass is 16.5. The van der Waals surface area contributed by atoms with Crippen LogP contribution in [0.1, 0.15) is 5.69 Å². The fourth-order valence-electron chi connectivity index (χ4n) is 2.01. The van der Waals surface area contributed by atoms with E-state index in [-0.39, 0.29) is 0 Å². The van der Waals surface area contributed by atoms with E-state index in [0.29, 0.717) is 6.61 Å². The molecule has 1 N–H and O–H groups in total. The second kappa shape index (κ2) is 4.92. The summed E-state index contributed by atoms with van der Waals surface area (Å²) in [4.78, 5) is 7.06. The molecule has 0 fully saturated rings. The minimum atomic E-state index is 0.649. The maximum Gasteiger partial charge on any atom is 0.127 e. The molecule has 0 spiro atoms. The van der Waals surface area contributed by atoms with E-state index in [0.717, 1.165) is 23.3 Å². The highest BCUT2D eigenvalue weighted by Gasteiger charge is 2.01. The van der Waals surface area contributed by atoms with Gasteiger partial charge in [0.05, 0.1) is 12.9 Å². The van der Waals surface area contributed by atoms with E-state index < -0.39 is 0 Å². The second-order valence-electron chi connectivity index (χ2n) is 4.15. The molecule has 0 saturated carbocycles. The summed E-state index contributed by atoms with van der Waals surface area (Å²) in [6.07, 6.45) is 4.35. The van der Waals surface area contributed by atoms with Gasteiger partial charge in [0, 0.05) is 23.7 Å². The molecule has 0 aliphatic heterocycles. The number of nitrogens with zero attached hydrogens (tertiary/aromatic N) is 1. The van der Waals surface area contributed by atoms with Gasteiger partial charge in [0.15, 0.2) is 0 Å². The lowest BCUT2D eigenvalue weighted by Gasteiger charge is -2.08. The monoisotopic (exact) mass is 238 g/mol. The van der Waals surface area contributed by atoms with Crippen LogP contribution in [-0.4, -0.2) is 16.6 Å². The second-order valence-corrected chi connectivity index (χ2v) is 4.15. The number of H-pyrrole nitrogens is 1. The molecule has 1 heterocycles. The Morgan fingerprint density at radius 1 is 1.06 bits per heavy atom. The number of benzene rings is 2. The van der Waals surface area contributed by atoms with Crippen LogP contribution < -0.4 is 4.74 Å². The van der Waals surface area contributed by atoms with E-state index in [1.54, 1.807) is 6.33 Å². The summed E-state index contributed by atoms with van der Waals surface area (Å²) in [5.74, 6) is 0.938. The number of hydrogen-bond acceptors (Lipinski definition) is 2. The van der Waals surface area contributed by atoms with Crippen molar-refractivity contribution in [2.75, 3.05) is 6.61 Å². The van der Waals surface area contributed by atoms with Gasteiger partial charge in [0.2, 0.25) is 0 Å². The lowest BCUT2D eigenvalue weighted by molar-refractivity contribution is 0.324. The first-order valence-corrected chi connectivity index (χ1v) is 6.01. The molecule has 3 nitrogen and oxygen atoms in total. The first-order chi connectivity index (χ1) is 8.93. The molecule has 0 unspecified atom stereocenters. The predicted molar refractivity (Wildman–Crippen MR) is 71.7 cm³/mol. The molecule has 0 aliphatic rings. The average molecular weight is 238 g/mol. The normalized spacial score (nSPS) is 10.7. The van der Waals surface area contributed by atoms with Gasteiger partial charge in [-0.3, -0.25) is 0 Å². The molecule has 0 saturated heterocycles. The largest absolute Gasteiger partial charge is 0.493 e. The quantitative estimate of drug-likeness (QED) is 0.758. The Bertz CT molecular complexity index is 627. The summed E-state index contributed by atoms with van der Waals surface area (Å²) in [5.41, 5.74) is 1.09. The predicted octanol–water partition coefficient (Wildman–Crippen LogP) is 3.18. The van der Waals surface area contributed by atoms with Gasteiger partial charge in [0.25, 0.3) is 0 Å². The third-order valence-corrected chi connectivity index (χ3v) is 2.93. The van der Waals surface area contributed by atoms with Gasteiger partial charge in [-0.15, -0.1) is 0 Å². The van der Waals surface area contributed by atoms with Gasteiger partial charge in [-0.05, 0) is 11.5 Å².